The Morgan fingerprint density at radius 2 is 2.05 bits per heavy atom. The molecule has 0 spiro atoms. The van der Waals surface area contributed by atoms with E-state index in [4.69, 9.17) is 4.98 Å². The molecule has 0 aliphatic carbocycles. The third kappa shape index (κ3) is 3.09. The number of hydrogen-bond donors (Lipinski definition) is 1. The van der Waals surface area contributed by atoms with E-state index >= 15 is 0 Å². The Morgan fingerprint density at radius 1 is 1.24 bits per heavy atom. The van der Waals surface area contributed by atoms with E-state index in [0.29, 0.717) is 0 Å². The van der Waals surface area contributed by atoms with Gasteiger partial charge in [-0.15, -0.1) is 0 Å². The zero-order valence-electron chi connectivity index (χ0n) is 12.6. The number of amides is 1. The molecule has 2 aliphatic heterocycles. The Kier molecular flexibility index (Phi) is 4.22. The van der Waals surface area contributed by atoms with Gasteiger partial charge in [0.2, 0.25) is 11.9 Å². The molecule has 0 bridgehead atoms. The van der Waals surface area contributed by atoms with Crippen molar-refractivity contribution < 1.29 is 4.79 Å². The average Bonchev–Trinajstić information content (AvgIpc) is 3.05. The average molecular weight is 289 g/mol. The summed E-state index contributed by atoms with van der Waals surface area (Å²) in [4.78, 5) is 25.3. The Morgan fingerprint density at radius 3 is 2.81 bits per heavy atom. The highest BCUT2D eigenvalue weighted by atomic mass is 16.1. The van der Waals surface area contributed by atoms with Gasteiger partial charge in [0.05, 0.1) is 5.92 Å². The fourth-order valence-electron chi connectivity index (χ4n) is 3.15. The monoisotopic (exact) mass is 289 g/mol. The highest BCUT2D eigenvalue weighted by molar-refractivity contribution is 5.79. The summed E-state index contributed by atoms with van der Waals surface area (Å²) in [5.74, 6) is 1.97. The summed E-state index contributed by atoms with van der Waals surface area (Å²) < 4.78 is 0. The Hall–Kier alpha value is -1.85. The molecule has 2 fully saturated rings. The summed E-state index contributed by atoms with van der Waals surface area (Å²) in [6.45, 7) is 3.72. The van der Waals surface area contributed by atoms with Gasteiger partial charge in [0.25, 0.3) is 0 Å². The number of nitrogens with zero attached hydrogens (tertiary/aromatic N) is 4. The summed E-state index contributed by atoms with van der Waals surface area (Å²) in [5.41, 5.74) is 0. The van der Waals surface area contributed by atoms with E-state index in [9.17, 15) is 4.79 Å². The van der Waals surface area contributed by atoms with E-state index in [1.807, 2.05) is 12.3 Å². The molecule has 3 heterocycles. The van der Waals surface area contributed by atoms with Gasteiger partial charge in [0.15, 0.2) is 0 Å². The second-order valence-corrected chi connectivity index (χ2v) is 5.81. The molecule has 1 aromatic rings. The third-order valence-corrected chi connectivity index (χ3v) is 4.40. The topological polar surface area (TPSA) is 61.4 Å². The maximum Gasteiger partial charge on any atom is 0.227 e. The van der Waals surface area contributed by atoms with E-state index in [1.165, 1.54) is 19.3 Å². The molecule has 2 aliphatic rings. The van der Waals surface area contributed by atoms with Gasteiger partial charge in [-0.1, -0.05) is 0 Å². The first kappa shape index (κ1) is 14.1. The second kappa shape index (κ2) is 6.28. The van der Waals surface area contributed by atoms with Gasteiger partial charge in [0, 0.05) is 39.4 Å². The quantitative estimate of drug-likeness (QED) is 0.901. The zero-order valence-corrected chi connectivity index (χ0v) is 12.6. The number of anilines is 2. The van der Waals surface area contributed by atoms with E-state index < -0.39 is 0 Å². The van der Waals surface area contributed by atoms with Gasteiger partial charge in [-0.2, -0.15) is 4.98 Å². The van der Waals surface area contributed by atoms with Crippen LogP contribution in [0.3, 0.4) is 0 Å². The predicted octanol–water partition coefficient (Wildman–Crippen LogP) is 1.04. The number of carbonyl (C=O) groups excluding carboxylic acids is 1. The zero-order chi connectivity index (χ0) is 14.7. The van der Waals surface area contributed by atoms with Crippen molar-refractivity contribution in [3.63, 3.8) is 0 Å². The molecular weight excluding hydrogens is 266 g/mol. The summed E-state index contributed by atoms with van der Waals surface area (Å²) in [7, 11) is 1.70. The molecule has 3 rings (SSSR count). The van der Waals surface area contributed by atoms with Crippen LogP contribution in [0.2, 0.25) is 0 Å². The lowest BCUT2D eigenvalue weighted by atomic mass is 10.1. The highest BCUT2D eigenvalue weighted by Crippen LogP contribution is 2.24. The lowest BCUT2D eigenvalue weighted by Gasteiger charge is -2.27. The summed E-state index contributed by atoms with van der Waals surface area (Å²) >= 11 is 0. The Balaban J connectivity index is 1.70. The fourth-order valence-corrected chi connectivity index (χ4v) is 3.15. The molecule has 1 N–H and O–H groups in total. The predicted molar refractivity (Wildman–Crippen MR) is 82.5 cm³/mol. The minimum absolute atomic E-state index is 0.0726. The van der Waals surface area contributed by atoms with Crippen LogP contribution in [0.5, 0.6) is 0 Å². The molecule has 1 aromatic heterocycles. The van der Waals surface area contributed by atoms with Crippen LogP contribution in [0.1, 0.15) is 25.7 Å². The van der Waals surface area contributed by atoms with Crippen molar-refractivity contribution in [3.05, 3.63) is 12.3 Å². The van der Waals surface area contributed by atoms with Gasteiger partial charge in [-0.25, -0.2) is 4.98 Å². The largest absolute Gasteiger partial charge is 0.359 e. The molecule has 6 nitrogen and oxygen atoms in total. The molecule has 21 heavy (non-hydrogen) atoms. The van der Waals surface area contributed by atoms with Crippen LogP contribution >= 0.6 is 0 Å². The van der Waals surface area contributed by atoms with Crippen molar-refractivity contribution in [3.8, 4) is 0 Å². The molecule has 114 valence electrons. The molecule has 1 unspecified atom stereocenters. The molecule has 0 saturated carbocycles. The maximum atomic E-state index is 11.7. The van der Waals surface area contributed by atoms with Crippen LogP contribution in [0.15, 0.2) is 12.3 Å². The Bertz CT molecular complexity index is 501. The van der Waals surface area contributed by atoms with Crippen LogP contribution in [0, 0.1) is 5.92 Å². The molecule has 6 heteroatoms. The molecule has 0 aromatic carbocycles. The van der Waals surface area contributed by atoms with E-state index in [0.717, 1.165) is 44.4 Å². The van der Waals surface area contributed by atoms with E-state index in [-0.39, 0.29) is 11.8 Å². The second-order valence-electron chi connectivity index (χ2n) is 5.81. The summed E-state index contributed by atoms with van der Waals surface area (Å²) in [5, 5.41) is 2.74. The third-order valence-electron chi connectivity index (χ3n) is 4.40. The van der Waals surface area contributed by atoms with Crippen molar-refractivity contribution in [1.82, 2.24) is 15.3 Å². The number of carbonyl (C=O) groups is 1. The first-order chi connectivity index (χ1) is 10.3. The first-order valence-corrected chi connectivity index (χ1v) is 7.82. The number of nitrogens with one attached hydrogen (secondary N) is 1. The van der Waals surface area contributed by atoms with Crippen LogP contribution in [0.25, 0.3) is 0 Å². The lowest BCUT2D eigenvalue weighted by molar-refractivity contribution is -0.123. The first-order valence-electron chi connectivity index (χ1n) is 7.82. The smallest absolute Gasteiger partial charge is 0.227 e. The van der Waals surface area contributed by atoms with Gasteiger partial charge < -0.3 is 15.1 Å². The van der Waals surface area contributed by atoms with Gasteiger partial charge >= 0.3 is 0 Å². The van der Waals surface area contributed by atoms with Gasteiger partial charge in [0.1, 0.15) is 5.82 Å². The van der Waals surface area contributed by atoms with Crippen LogP contribution in [-0.4, -0.2) is 49.1 Å². The normalized spacial score (nSPS) is 22.4. The Labute approximate surface area is 125 Å². The van der Waals surface area contributed by atoms with Gasteiger partial charge in [-0.3, -0.25) is 4.79 Å². The van der Waals surface area contributed by atoms with Gasteiger partial charge in [-0.05, 0) is 31.7 Å². The van der Waals surface area contributed by atoms with E-state index in [1.54, 1.807) is 7.05 Å². The number of hydrogen-bond acceptors (Lipinski definition) is 5. The molecule has 1 amide bonds. The molecule has 1 atom stereocenters. The van der Waals surface area contributed by atoms with Crippen molar-refractivity contribution in [1.29, 1.82) is 0 Å². The standard InChI is InChI=1S/C15H23N5O/c1-16-14(21)12-6-10-20(11-12)13-5-7-17-15(18-13)19-8-3-2-4-9-19/h5,7,12H,2-4,6,8-11H2,1H3,(H,16,21). The number of piperidine rings is 1. The minimum atomic E-state index is 0.0726. The number of aromatic nitrogens is 2. The SMILES string of the molecule is CNC(=O)C1CCN(c2ccnc(N3CCCCC3)n2)C1. The molecule has 2 saturated heterocycles. The summed E-state index contributed by atoms with van der Waals surface area (Å²) in [6.07, 6.45) is 6.46. The molecular formula is C15H23N5O. The van der Waals surface area contributed by atoms with Crippen LogP contribution in [0.4, 0.5) is 11.8 Å². The van der Waals surface area contributed by atoms with Crippen molar-refractivity contribution in [2.24, 2.45) is 5.92 Å². The highest BCUT2D eigenvalue weighted by Gasteiger charge is 2.28. The summed E-state index contributed by atoms with van der Waals surface area (Å²) in [6, 6.07) is 1.94. The maximum absolute atomic E-state index is 11.7. The van der Waals surface area contributed by atoms with E-state index in [2.05, 4.69) is 20.1 Å². The van der Waals surface area contributed by atoms with Crippen LogP contribution in [-0.2, 0) is 4.79 Å². The van der Waals surface area contributed by atoms with Crippen molar-refractivity contribution in [2.45, 2.75) is 25.7 Å². The minimum Gasteiger partial charge on any atom is -0.359 e. The fraction of sp³-hybridized carbons (Fsp3) is 0.667. The number of rotatable bonds is 3. The lowest BCUT2D eigenvalue weighted by Crippen LogP contribution is -2.32. The van der Waals surface area contributed by atoms with Crippen molar-refractivity contribution in [2.75, 3.05) is 43.0 Å². The van der Waals surface area contributed by atoms with Crippen LogP contribution < -0.4 is 15.1 Å². The van der Waals surface area contributed by atoms with Crippen molar-refractivity contribution >= 4 is 17.7 Å². The molecule has 0 radical (unpaired) electrons.